The summed E-state index contributed by atoms with van der Waals surface area (Å²) in [6.07, 6.45) is 4.07. The average Bonchev–Trinajstić information content (AvgIpc) is 2.78. The van der Waals surface area contributed by atoms with Gasteiger partial charge in [0.1, 0.15) is 0 Å². The average molecular weight is 253 g/mol. The molecule has 0 fully saturated rings. The zero-order valence-corrected chi connectivity index (χ0v) is 12.4. The molecule has 1 atom stereocenters. The highest BCUT2D eigenvalue weighted by Crippen LogP contribution is 2.28. The van der Waals surface area contributed by atoms with E-state index in [2.05, 4.69) is 48.9 Å². The van der Waals surface area contributed by atoms with Crippen LogP contribution in [-0.2, 0) is 11.3 Å². The fraction of sp³-hybridized carbons (Fsp3) is 0.786. The van der Waals surface area contributed by atoms with Crippen LogP contribution in [0, 0.1) is 0 Å². The Bertz CT molecular complexity index is 347. The first-order valence-corrected chi connectivity index (χ1v) is 6.87. The third-order valence-corrected chi connectivity index (χ3v) is 3.30. The van der Waals surface area contributed by atoms with Crippen LogP contribution in [0.1, 0.15) is 52.3 Å². The summed E-state index contributed by atoms with van der Waals surface area (Å²) in [6.45, 7) is 10.5. The molecule has 0 amide bonds. The lowest BCUT2D eigenvalue weighted by Gasteiger charge is -2.34. The molecule has 0 saturated carbocycles. The minimum Gasteiger partial charge on any atom is -0.377 e. The first kappa shape index (κ1) is 15.2. The van der Waals surface area contributed by atoms with E-state index < -0.39 is 0 Å². The number of hydrogen-bond donors (Lipinski definition) is 1. The van der Waals surface area contributed by atoms with Crippen LogP contribution in [-0.4, -0.2) is 29.0 Å². The van der Waals surface area contributed by atoms with Gasteiger partial charge in [0.25, 0.3) is 0 Å². The predicted octanol–water partition coefficient (Wildman–Crippen LogP) is 2.76. The fourth-order valence-corrected chi connectivity index (χ4v) is 2.10. The Balaban J connectivity index is 2.97. The molecule has 104 valence electrons. The Morgan fingerprint density at radius 1 is 1.39 bits per heavy atom. The molecular weight excluding hydrogens is 226 g/mol. The predicted molar refractivity (Wildman–Crippen MR) is 74.6 cm³/mol. The maximum Gasteiger partial charge on any atom is 0.0831 e. The summed E-state index contributed by atoms with van der Waals surface area (Å²) in [7, 11) is 1.77. The summed E-state index contributed by atoms with van der Waals surface area (Å²) in [5.74, 6) is 0. The zero-order chi connectivity index (χ0) is 13.6. The molecule has 0 radical (unpaired) electrons. The summed E-state index contributed by atoms with van der Waals surface area (Å²) >= 11 is 0. The number of ether oxygens (including phenoxy) is 1. The van der Waals surface area contributed by atoms with Crippen molar-refractivity contribution in [3.05, 3.63) is 18.0 Å². The largest absolute Gasteiger partial charge is 0.377 e. The molecule has 4 heteroatoms. The summed E-state index contributed by atoms with van der Waals surface area (Å²) in [6, 6.07) is 2.25. The molecule has 0 saturated heterocycles. The lowest BCUT2D eigenvalue weighted by atomic mass is 9.95. The molecule has 1 N–H and O–H groups in total. The van der Waals surface area contributed by atoms with Crippen molar-refractivity contribution in [2.24, 2.45) is 0 Å². The molecular formula is C14H27N3O. The van der Waals surface area contributed by atoms with Crippen LogP contribution >= 0.6 is 0 Å². The number of rotatable bonds is 8. The van der Waals surface area contributed by atoms with Crippen molar-refractivity contribution >= 4 is 0 Å². The van der Waals surface area contributed by atoms with Gasteiger partial charge in [-0.05, 0) is 39.3 Å². The molecule has 0 aliphatic carbocycles. The Morgan fingerprint density at radius 3 is 2.67 bits per heavy atom. The van der Waals surface area contributed by atoms with Gasteiger partial charge in [0.15, 0.2) is 0 Å². The van der Waals surface area contributed by atoms with E-state index in [9.17, 15) is 0 Å². The van der Waals surface area contributed by atoms with Gasteiger partial charge in [-0.25, -0.2) is 0 Å². The third-order valence-electron chi connectivity index (χ3n) is 3.30. The van der Waals surface area contributed by atoms with Crippen molar-refractivity contribution in [3.63, 3.8) is 0 Å². The maximum atomic E-state index is 5.65. The van der Waals surface area contributed by atoms with Gasteiger partial charge in [0, 0.05) is 19.9 Å². The lowest BCUT2D eigenvalue weighted by molar-refractivity contribution is -0.0135. The molecule has 0 aliphatic rings. The number of methoxy groups -OCH3 is 1. The first-order chi connectivity index (χ1) is 8.56. The van der Waals surface area contributed by atoms with Crippen LogP contribution in [0.3, 0.4) is 0 Å². The van der Waals surface area contributed by atoms with E-state index in [1.54, 1.807) is 7.11 Å². The lowest BCUT2D eigenvalue weighted by Crippen LogP contribution is -2.42. The molecule has 0 spiro atoms. The molecule has 4 nitrogen and oxygen atoms in total. The topological polar surface area (TPSA) is 39.1 Å². The highest BCUT2D eigenvalue weighted by molar-refractivity contribution is 5.12. The van der Waals surface area contributed by atoms with Crippen LogP contribution in [0.15, 0.2) is 12.3 Å². The van der Waals surface area contributed by atoms with Crippen LogP contribution in [0.25, 0.3) is 0 Å². The molecule has 0 bridgehead atoms. The van der Waals surface area contributed by atoms with Crippen molar-refractivity contribution in [1.29, 1.82) is 0 Å². The number of nitrogens with one attached hydrogen (secondary N) is 1. The van der Waals surface area contributed by atoms with Gasteiger partial charge in [-0.3, -0.25) is 4.68 Å². The van der Waals surface area contributed by atoms with Crippen LogP contribution in [0.5, 0.6) is 0 Å². The molecule has 1 aromatic heterocycles. The fourth-order valence-electron chi connectivity index (χ4n) is 2.10. The van der Waals surface area contributed by atoms with E-state index in [-0.39, 0.29) is 11.6 Å². The summed E-state index contributed by atoms with van der Waals surface area (Å²) < 4.78 is 7.73. The van der Waals surface area contributed by atoms with Gasteiger partial charge in [0.05, 0.1) is 17.3 Å². The molecule has 18 heavy (non-hydrogen) atoms. The molecule has 1 heterocycles. The summed E-state index contributed by atoms with van der Waals surface area (Å²) in [4.78, 5) is 0. The number of nitrogens with zero attached hydrogens (tertiary/aromatic N) is 2. The highest BCUT2D eigenvalue weighted by atomic mass is 16.5. The summed E-state index contributed by atoms with van der Waals surface area (Å²) in [5.41, 5.74) is 0.956. The van der Waals surface area contributed by atoms with Crippen molar-refractivity contribution in [1.82, 2.24) is 15.1 Å². The van der Waals surface area contributed by atoms with E-state index in [0.717, 1.165) is 25.9 Å². The van der Waals surface area contributed by atoms with Crippen LogP contribution < -0.4 is 5.32 Å². The van der Waals surface area contributed by atoms with E-state index in [1.807, 2.05) is 6.20 Å². The smallest absolute Gasteiger partial charge is 0.0831 e. The van der Waals surface area contributed by atoms with Gasteiger partial charge in [0.2, 0.25) is 0 Å². The van der Waals surface area contributed by atoms with Crippen LogP contribution in [0.2, 0.25) is 0 Å². The standard InChI is InChI=1S/C14H27N3O/c1-6-9-15-13(14(3,4)18-5)12-8-10-16-17(12)11-7-2/h8,10,13,15H,6-7,9,11H2,1-5H3. The number of hydrogen-bond acceptors (Lipinski definition) is 3. The quantitative estimate of drug-likeness (QED) is 0.774. The molecule has 1 unspecified atom stereocenters. The minimum absolute atomic E-state index is 0.163. The van der Waals surface area contributed by atoms with E-state index >= 15 is 0 Å². The van der Waals surface area contributed by atoms with E-state index in [0.29, 0.717) is 0 Å². The maximum absolute atomic E-state index is 5.65. The Labute approximate surface area is 111 Å². The molecule has 0 aliphatic heterocycles. The number of aryl methyl sites for hydroxylation is 1. The van der Waals surface area contributed by atoms with Crippen molar-refractivity contribution in [2.45, 2.75) is 58.7 Å². The second-order valence-electron chi connectivity index (χ2n) is 5.17. The first-order valence-electron chi connectivity index (χ1n) is 6.87. The minimum atomic E-state index is -0.249. The SMILES string of the molecule is CCCNC(c1ccnn1CCC)C(C)(C)OC. The van der Waals surface area contributed by atoms with Gasteiger partial charge >= 0.3 is 0 Å². The van der Waals surface area contributed by atoms with Crippen molar-refractivity contribution < 1.29 is 4.74 Å². The Morgan fingerprint density at radius 2 is 2.11 bits per heavy atom. The van der Waals surface area contributed by atoms with Gasteiger partial charge < -0.3 is 10.1 Å². The second-order valence-corrected chi connectivity index (χ2v) is 5.17. The van der Waals surface area contributed by atoms with Gasteiger partial charge in [-0.1, -0.05) is 13.8 Å². The van der Waals surface area contributed by atoms with Crippen LogP contribution in [0.4, 0.5) is 0 Å². The normalized spacial score (nSPS) is 13.8. The van der Waals surface area contributed by atoms with Crippen molar-refractivity contribution in [3.8, 4) is 0 Å². The zero-order valence-electron chi connectivity index (χ0n) is 12.4. The van der Waals surface area contributed by atoms with Crippen molar-refractivity contribution in [2.75, 3.05) is 13.7 Å². The summed E-state index contributed by atoms with van der Waals surface area (Å²) in [5, 5.41) is 7.98. The monoisotopic (exact) mass is 253 g/mol. The van der Waals surface area contributed by atoms with E-state index in [4.69, 9.17) is 4.74 Å². The third kappa shape index (κ3) is 3.56. The molecule has 0 aromatic carbocycles. The highest BCUT2D eigenvalue weighted by Gasteiger charge is 2.32. The second kappa shape index (κ2) is 6.90. The van der Waals surface area contributed by atoms with E-state index in [1.165, 1.54) is 5.69 Å². The Kier molecular flexibility index (Phi) is 5.82. The van der Waals surface area contributed by atoms with Gasteiger partial charge in [-0.2, -0.15) is 5.10 Å². The van der Waals surface area contributed by atoms with Gasteiger partial charge in [-0.15, -0.1) is 0 Å². The molecule has 1 aromatic rings. The number of aromatic nitrogens is 2. The Hall–Kier alpha value is -0.870. The molecule has 1 rings (SSSR count).